The van der Waals surface area contributed by atoms with Gasteiger partial charge in [0.25, 0.3) is 0 Å². The maximum absolute atomic E-state index is 5.67. The van der Waals surface area contributed by atoms with Crippen LogP contribution in [-0.2, 0) is 13.5 Å². The van der Waals surface area contributed by atoms with Crippen molar-refractivity contribution in [2.75, 3.05) is 22.9 Å². The summed E-state index contributed by atoms with van der Waals surface area (Å²) in [5, 5.41) is 0. The van der Waals surface area contributed by atoms with Gasteiger partial charge in [-0.2, -0.15) is 43.1 Å². The summed E-state index contributed by atoms with van der Waals surface area (Å²) in [7, 11) is 11.3. The number of aromatic nitrogens is 1. The van der Waals surface area contributed by atoms with Gasteiger partial charge >= 0.3 is 73.4 Å². The molecule has 1 aliphatic heterocycles. The van der Waals surface area contributed by atoms with Gasteiger partial charge in [-0.3, -0.25) is 4.98 Å². The van der Waals surface area contributed by atoms with Crippen molar-refractivity contribution in [1.29, 1.82) is 0 Å². The van der Waals surface area contributed by atoms with E-state index in [9.17, 15) is 0 Å². The minimum Gasteiger partial charge on any atom is -0.265 e. The molecule has 0 bridgehead atoms. The van der Waals surface area contributed by atoms with Gasteiger partial charge in [-0.25, -0.2) is 0 Å². The first-order valence-corrected chi connectivity index (χ1v) is 20.3. The minimum absolute atomic E-state index is 1.04. The van der Waals surface area contributed by atoms with Gasteiger partial charge in [0.2, 0.25) is 0 Å². The van der Waals surface area contributed by atoms with Crippen LogP contribution in [0.3, 0.4) is 0 Å². The molecule has 0 N–H and O–H groups in total. The van der Waals surface area contributed by atoms with Crippen LogP contribution in [0.25, 0.3) is 0 Å². The number of hydrogen-bond acceptors (Lipinski definition) is 3. The monoisotopic (exact) mass is 725 g/mol. The van der Waals surface area contributed by atoms with Crippen LogP contribution in [0, 0.1) is 54.3 Å². The summed E-state index contributed by atoms with van der Waals surface area (Å²) < 4.78 is 1.92. The van der Waals surface area contributed by atoms with Crippen LogP contribution in [-0.4, -0.2) is 22.7 Å². The van der Waals surface area contributed by atoms with Gasteiger partial charge < -0.3 is 9.80 Å². The molecule has 0 aliphatic carbocycles. The third kappa shape index (κ3) is 12.5. The predicted octanol–water partition coefficient (Wildman–Crippen LogP) is 10.3. The molecular weight excluding hydrogens is 682 g/mol. The Bertz CT molecular complexity index is 1410. The van der Waals surface area contributed by atoms with E-state index in [2.05, 4.69) is 93.3 Å². The topological polar surface area (TPSA) is 19.4 Å². The molecule has 4 aromatic carbocycles. The summed E-state index contributed by atoms with van der Waals surface area (Å²) in [5.41, 5.74) is 12.0. The number of nitrogens with zero attached hydrogens (tertiary/aromatic N) is 3. The van der Waals surface area contributed by atoms with Crippen LogP contribution >= 0.6 is 19.4 Å². The Labute approximate surface area is 284 Å². The van der Waals surface area contributed by atoms with Crippen molar-refractivity contribution in [3.63, 3.8) is 0 Å². The molecule has 1 aliphatic rings. The summed E-state index contributed by atoms with van der Waals surface area (Å²) in [6, 6.07) is 37.2. The van der Waals surface area contributed by atoms with Crippen molar-refractivity contribution in [1.82, 2.24) is 4.98 Å². The van der Waals surface area contributed by atoms with Gasteiger partial charge in [0, 0.05) is 36.9 Å². The Morgan fingerprint density at radius 2 is 1.07 bits per heavy atom. The zero-order chi connectivity index (χ0) is 32.6. The average Bonchev–Trinajstić information content (AvgIpc) is 3.48. The molecule has 6 rings (SSSR count). The van der Waals surface area contributed by atoms with Crippen molar-refractivity contribution in [3.05, 3.63) is 167 Å². The van der Waals surface area contributed by atoms with E-state index in [0.29, 0.717) is 0 Å². The van der Waals surface area contributed by atoms with Gasteiger partial charge in [-0.05, 0) is 75.9 Å². The minimum atomic E-state index is -1.61. The van der Waals surface area contributed by atoms with Crippen molar-refractivity contribution in [3.8, 4) is 0 Å². The maximum Gasteiger partial charge on any atom is 0.0267 e. The molecular formula is C39H43Cl2N3Ru-2. The van der Waals surface area contributed by atoms with E-state index in [1.54, 1.807) is 12.4 Å². The summed E-state index contributed by atoms with van der Waals surface area (Å²) in [5.74, 6) is 0. The second-order valence-electron chi connectivity index (χ2n) is 10.8. The SMILES string of the molecule is Cc1cc(C)c(N2[CH-]N(c3c(C)cc(C)cc3C)CC2)c(C)c1.[Cl][Ru]([Cl])=[CH]c1ccccc1.[c-]1ccccc1.c1ccncc1. The van der Waals surface area contributed by atoms with Crippen molar-refractivity contribution in [2.45, 2.75) is 41.5 Å². The standard InChI is InChI=1S/C21H27N2.C7H6.C6H5.C5H5N.2ClH.Ru/c1-14-9-16(3)20(17(4)10-14)22-7-8-23(13-22)21-18(5)11-15(2)12-19(21)6;1-7-5-3-2-4-6-7;2*1-2-4-6-5-3-1;;;/h9-13H,7-8H2,1-6H3;1-6H;2*1-5H;2*1H;/q-1;;-1;;;;+2/p-2. The third-order valence-corrected chi connectivity index (χ3v) is 8.75. The molecule has 1 aromatic heterocycles. The first-order valence-electron chi connectivity index (χ1n) is 14.8. The second kappa shape index (κ2) is 19.3. The molecule has 0 spiro atoms. The Kier molecular flexibility index (Phi) is 15.5. The molecule has 0 radical (unpaired) electrons. The van der Waals surface area contributed by atoms with Gasteiger partial charge in [-0.15, -0.1) is 0 Å². The summed E-state index contributed by atoms with van der Waals surface area (Å²) in [4.78, 5) is 8.60. The quantitative estimate of drug-likeness (QED) is 0.136. The first kappa shape index (κ1) is 36.2. The number of aryl methyl sites for hydroxylation is 6. The molecule has 45 heavy (non-hydrogen) atoms. The normalized spacial score (nSPS) is 12.0. The molecule has 5 aromatic rings. The molecule has 238 valence electrons. The molecule has 0 unspecified atom stereocenters. The molecule has 1 saturated heterocycles. The van der Waals surface area contributed by atoms with Crippen LogP contribution in [0.15, 0.2) is 116 Å². The molecule has 0 saturated carbocycles. The number of benzene rings is 4. The van der Waals surface area contributed by atoms with Crippen LogP contribution in [0.4, 0.5) is 11.4 Å². The van der Waals surface area contributed by atoms with Crippen molar-refractivity contribution < 1.29 is 13.5 Å². The second-order valence-corrected chi connectivity index (χ2v) is 16.5. The number of rotatable bonds is 3. The van der Waals surface area contributed by atoms with E-state index in [4.69, 9.17) is 19.4 Å². The average molecular weight is 726 g/mol. The predicted molar refractivity (Wildman–Crippen MR) is 193 cm³/mol. The zero-order valence-corrected chi connectivity index (χ0v) is 30.2. The smallest absolute Gasteiger partial charge is 0.0267 e. The van der Waals surface area contributed by atoms with Crippen LogP contribution in [0.5, 0.6) is 0 Å². The van der Waals surface area contributed by atoms with Gasteiger partial charge in [0.1, 0.15) is 0 Å². The zero-order valence-electron chi connectivity index (χ0n) is 27.0. The van der Waals surface area contributed by atoms with E-state index < -0.39 is 13.5 Å². The van der Waals surface area contributed by atoms with E-state index in [1.165, 1.54) is 44.8 Å². The third-order valence-electron chi connectivity index (χ3n) is 6.87. The van der Waals surface area contributed by atoms with E-state index in [1.807, 2.05) is 83.5 Å². The van der Waals surface area contributed by atoms with Gasteiger partial charge in [-0.1, -0.05) is 41.5 Å². The fourth-order valence-electron chi connectivity index (χ4n) is 5.35. The van der Waals surface area contributed by atoms with Crippen LogP contribution in [0.2, 0.25) is 0 Å². The van der Waals surface area contributed by atoms with Crippen molar-refractivity contribution >= 4 is 35.4 Å². The van der Waals surface area contributed by atoms with Gasteiger partial charge in [0.15, 0.2) is 0 Å². The Morgan fingerprint density at radius 3 is 1.38 bits per heavy atom. The largest absolute Gasteiger partial charge is 0.265 e. The Morgan fingerprint density at radius 1 is 0.644 bits per heavy atom. The molecule has 0 atom stereocenters. The molecule has 6 heteroatoms. The van der Waals surface area contributed by atoms with Crippen LogP contribution < -0.4 is 9.80 Å². The molecule has 0 amide bonds. The number of pyridine rings is 1. The van der Waals surface area contributed by atoms with E-state index >= 15 is 0 Å². The Hall–Kier alpha value is -3.30. The van der Waals surface area contributed by atoms with Crippen molar-refractivity contribution in [2.24, 2.45) is 0 Å². The van der Waals surface area contributed by atoms with Gasteiger partial charge in [0.05, 0.1) is 0 Å². The number of hydrogen-bond donors (Lipinski definition) is 0. The fraction of sp³-hybridized carbons (Fsp3) is 0.205. The molecule has 1 fully saturated rings. The van der Waals surface area contributed by atoms with E-state index in [0.717, 1.165) is 18.7 Å². The first-order chi connectivity index (χ1) is 21.7. The Balaban J connectivity index is 0.000000203. The summed E-state index contributed by atoms with van der Waals surface area (Å²) in [6.07, 6.45) is 3.50. The number of halogens is 2. The number of anilines is 2. The summed E-state index contributed by atoms with van der Waals surface area (Å²) >= 11 is -1.61. The molecule has 2 heterocycles. The van der Waals surface area contributed by atoms with Crippen LogP contribution in [0.1, 0.15) is 38.9 Å². The summed E-state index contributed by atoms with van der Waals surface area (Å²) in [6.45, 7) is 17.6. The maximum atomic E-state index is 5.67. The fourth-order valence-corrected chi connectivity index (χ4v) is 7.18. The van der Waals surface area contributed by atoms with E-state index in [-0.39, 0.29) is 0 Å². The molecule has 3 nitrogen and oxygen atoms in total.